The Hall–Kier alpha value is -1.78. The third-order valence-corrected chi connectivity index (χ3v) is 7.65. The summed E-state index contributed by atoms with van der Waals surface area (Å²) in [6, 6.07) is 14.3. The van der Waals surface area contributed by atoms with Crippen molar-refractivity contribution in [3.63, 3.8) is 0 Å². The van der Waals surface area contributed by atoms with E-state index in [1.165, 1.54) is 63.3 Å². The van der Waals surface area contributed by atoms with Crippen molar-refractivity contribution in [2.75, 3.05) is 19.6 Å². The van der Waals surface area contributed by atoms with Crippen LogP contribution in [0.5, 0.6) is 0 Å². The van der Waals surface area contributed by atoms with Crippen LogP contribution in [0, 0.1) is 11.2 Å². The number of rotatable bonds is 4. The van der Waals surface area contributed by atoms with Gasteiger partial charge in [-0.15, -0.1) is 0 Å². The highest BCUT2D eigenvalue weighted by Crippen LogP contribution is 2.58. The normalized spacial score (nSPS) is 25.8. The van der Waals surface area contributed by atoms with E-state index in [4.69, 9.17) is 0 Å². The Bertz CT molecular complexity index is 810. The highest BCUT2D eigenvalue weighted by Gasteiger charge is 2.54. The molecule has 5 rings (SSSR count). The SMILES string of the molecule is Fc1cnccc1CN1CCC(N2CC3(CCCCC3)C2c2ccccc2)CC1. The number of piperidine rings is 1. The minimum atomic E-state index is -0.180. The average Bonchev–Trinajstić information content (AvgIpc) is 2.76. The van der Waals surface area contributed by atoms with E-state index in [2.05, 4.69) is 45.1 Å². The van der Waals surface area contributed by atoms with Crippen LogP contribution in [-0.4, -0.2) is 40.5 Å². The van der Waals surface area contributed by atoms with Gasteiger partial charge in [-0.1, -0.05) is 49.6 Å². The first-order valence-corrected chi connectivity index (χ1v) is 11.4. The Morgan fingerprint density at radius 3 is 2.48 bits per heavy atom. The topological polar surface area (TPSA) is 19.4 Å². The summed E-state index contributed by atoms with van der Waals surface area (Å²) >= 11 is 0. The molecule has 1 unspecified atom stereocenters. The van der Waals surface area contributed by atoms with Gasteiger partial charge in [0.25, 0.3) is 0 Å². The Morgan fingerprint density at radius 2 is 1.76 bits per heavy atom. The fraction of sp³-hybridized carbons (Fsp3) is 0.560. The van der Waals surface area contributed by atoms with Crippen molar-refractivity contribution in [1.82, 2.24) is 14.8 Å². The van der Waals surface area contributed by atoms with Gasteiger partial charge in [-0.05, 0) is 50.4 Å². The fourth-order valence-electron chi connectivity index (χ4n) is 6.17. The van der Waals surface area contributed by atoms with Gasteiger partial charge in [0, 0.05) is 42.3 Å². The lowest BCUT2D eigenvalue weighted by Crippen LogP contribution is -2.63. The largest absolute Gasteiger partial charge is 0.299 e. The molecule has 1 atom stereocenters. The molecule has 154 valence electrons. The maximum atomic E-state index is 14.0. The molecule has 29 heavy (non-hydrogen) atoms. The Kier molecular flexibility index (Phi) is 5.40. The number of aromatic nitrogens is 1. The van der Waals surface area contributed by atoms with Crippen molar-refractivity contribution in [2.45, 2.75) is 63.6 Å². The van der Waals surface area contributed by atoms with Crippen molar-refractivity contribution in [3.05, 3.63) is 65.7 Å². The molecule has 2 saturated heterocycles. The monoisotopic (exact) mass is 393 g/mol. The Morgan fingerprint density at radius 1 is 1.00 bits per heavy atom. The van der Waals surface area contributed by atoms with Gasteiger partial charge in [-0.25, -0.2) is 4.39 Å². The predicted molar refractivity (Wildman–Crippen MR) is 114 cm³/mol. The molecule has 2 aromatic rings. The van der Waals surface area contributed by atoms with Crippen molar-refractivity contribution < 1.29 is 4.39 Å². The van der Waals surface area contributed by atoms with Crippen LogP contribution in [0.3, 0.4) is 0 Å². The third-order valence-electron chi connectivity index (χ3n) is 7.65. The van der Waals surface area contributed by atoms with Gasteiger partial charge >= 0.3 is 0 Å². The zero-order valence-electron chi connectivity index (χ0n) is 17.3. The van der Waals surface area contributed by atoms with Gasteiger partial charge in [0.1, 0.15) is 5.82 Å². The van der Waals surface area contributed by atoms with Gasteiger partial charge < -0.3 is 0 Å². The zero-order valence-corrected chi connectivity index (χ0v) is 17.3. The summed E-state index contributed by atoms with van der Waals surface area (Å²) in [6.07, 6.45) is 12.4. The van der Waals surface area contributed by atoms with E-state index in [1.54, 1.807) is 6.20 Å². The molecule has 4 heteroatoms. The van der Waals surface area contributed by atoms with Crippen molar-refractivity contribution in [2.24, 2.45) is 5.41 Å². The van der Waals surface area contributed by atoms with Gasteiger partial charge in [0.2, 0.25) is 0 Å². The van der Waals surface area contributed by atoms with Gasteiger partial charge in [0.15, 0.2) is 0 Å². The molecular weight excluding hydrogens is 361 g/mol. The second kappa shape index (κ2) is 8.16. The van der Waals surface area contributed by atoms with Crippen molar-refractivity contribution in [1.29, 1.82) is 0 Å². The molecule has 1 aromatic heterocycles. The maximum absolute atomic E-state index is 14.0. The van der Waals surface area contributed by atoms with Crippen molar-refractivity contribution in [3.8, 4) is 0 Å². The zero-order chi connectivity index (χ0) is 19.7. The summed E-state index contributed by atoms with van der Waals surface area (Å²) in [5.41, 5.74) is 2.80. The molecule has 2 aliphatic heterocycles. The van der Waals surface area contributed by atoms with Gasteiger partial charge in [-0.3, -0.25) is 14.8 Å². The molecule has 0 amide bonds. The van der Waals surface area contributed by atoms with Crippen LogP contribution >= 0.6 is 0 Å². The summed E-state index contributed by atoms with van der Waals surface area (Å²) in [5.74, 6) is -0.180. The predicted octanol–water partition coefficient (Wildman–Crippen LogP) is 5.19. The van der Waals surface area contributed by atoms with Crippen LogP contribution in [0.1, 0.15) is 62.1 Å². The summed E-state index contributed by atoms with van der Waals surface area (Å²) in [7, 11) is 0. The number of halogens is 1. The highest BCUT2D eigenvalue weighted by atomic mass is 19.1. The molecule has 1 spiro atoms. The minimum absolute atomic E-state index is 0.180. The minimum Gasteiger partial charge on any atom is -0.299 e. The molecule has 3 nitrogen and oxygen atoms in total. The van der Waals surface area contributed by atoms with E-state index in [1.807, 2.05) is 6.07 Å². The molecule has 1 aliphatic carbocycles. The molecule has 0 radical (unpaired) electrons. The van der Waals surface area contributed by atoms with Crippen molar-refractivity contribution >= 4 is 0 Å². The van der Waals surface area contributed by atoms with E-state index in [9.17, 15) is 4.39 Å². The molecule has 0 bridgehead atoms. The molecule has 3 heterocycles. The fourth-order valence-corrected chi connectivity index (χ4v) is 6.17. The Labute approximate surface area is 173 Å². The van der Waals surface area contributed by atoms with E-state index in [0.717, 1.165) is 18.7 Å². The molecular formula is C25H32FN3. The first-order valence-electron chi connectivity index (χ1n) is 11.4. The molecule has 3 aliphatic rings. The summed E-state index contributed by atoms with van der Waals surface area (Å²) in [6.45, 7) is 4.08. The van der Waals surface area contributed by atoms with Crippen LogP contribution in [0.25, 0.3) is 0 Å². The highest BCUT2D eigenvalue weighted by molar-refractivity contribution is 5.26. The lowest BCUT2D eigenvalue weighted by Gasteiger charge is -2.63. The van der Waals surface area contributed by atoms with Gasteiger partial charge in [0.05, 0.1) is 6.20 Å². The number of likely N-dealkylation sites (tertiary alicyclic amines) is 2. The van der Waals surface area contributed by atoms with Crippen LogP contribution in [0.2, 0.25) is 0 Å². The quantitative estimate of drug-likeness (QED) is 0.712. The average molecular weight is 394 g/mol. The smallest absolute Gasteiger partial charge is 0.145 e. The second-order valence-electron chi connectivity index (χ2n) is 9.38. The lowest BCUT2D eigenvalue weighted by molar-refractivity contribution is -0.133. The summed E-state index contributed by atoms with van der Waals surface area (Å²) in [5, 5.41) is 0. The first-order chi connectivity index (χ1) is 14.3. The number of hydrogen-bond donors (Lipinski definition) is 0. The van der Waals surface area contributed by atoms with E-state index in [0.29, 0.717) is 24.0 Å². The standard InChI is InChI=1S/C25H32FN3/c26-23-17-27-14-9-21(23)18-28-15-10-22(11-16-28)29-19-25(12-5-2-6-13-25)24(29)20-7-3-1-4-8-20/h1,3-4,7-9,14,17,22,24H,2,5-6,10-13,15-16,18-19H2. The summed E-state index contributed by atoms with van der Waals surface area (Å²) in [4.78, 5) is 9.09. The van der Waals surface area contributed by atoms with Crippen LogP contribution in [-0.2, 0) is 6.54 Å². The van der Waals surface area contributed by atoms with Crippen LogP contribution in [0.15, 0.2) is 48.8 Å². The molecule has 0 N–H and O–H groups in total. The van der Waals surface area contributed by atoms with Gasteiger partial charge in [-0.2, -0.15) is 0 Å². The van der Waals surface area contributed by atoms with E-state index in [-0.39, 0.29) is 5.82 Å². The maximum Gasteiger partial charge on any atom is 0.145 e. The molecule has 1 aromatic carbocycles. The first kappa shape index (κ1) is 19.2. The van der Waals surface area contributed by atoms with E-state index >= 15 is 0 Å². The number of nitrogens with zero attached hydrogens (tertiary/aromatic N) is 3. The van der Waals surface area contributed by atoms with Crippen LogP contribution in [0.4, 0.5) is 4.39 Å². The third kappa shape index (κ3) is 3.73. The van der Waals surface area contributed by atoms with E-state index < -0.39 is 0 Å². The second-order valence-corrected chi connectivity index (χ2v) is 9.38. The number of pyridine rings is 1. The summed E-state index contributed by atoms with van der Waals surface area (Å²) < 4.78 is 14.0. The Balaban J connectivity index is 1.26. The number of benzene rings is 1. The number of hydrogen-bond acceptors (Lipinski definition) is 3. The molecule has 1 saturated carbocycles. The lowest BCUT2D eigenvalue weighted by atomic mass is 9.60. The molecule has 3 fully saturated rings. The van der Waals surface area contributed by atoms with Crippen LogP contribution < -0.4 is 0 Å².